The van der Waals surface area contributed by atoms with E-state index in [-0.39, 0.29) is 12.0 Å². The Morgan fingerprint density at radius 2 is 2.04 bits per heavy atom. The highest BCUT2D eigenvalue weighted by atomic mass is 16.3. The van der Waals surface area contributed by atoms with Gasteiger partial charge < -0.3 is 9.67 Å². The molecule has 2 aliphatic rings. The van der Waals surface area contributed by atoms with E-state index < -0.39 is 6.10 Å². The summed E-state index contributed by atoms with van der Waals surface area (Å²) >= 11 is 0. The lowest BCUT2D eigenvalue weighted by Crippen LogP contribution is -2.29. The second kappa shape index (κ2) is 4.77. The molecule has 3 atom stereocenters. The van der Waals surface area contributed by atoms with Crippen molar-refractivity contribution in [3.05, 3.63) is 71.9 Å². The van der Waals surface area contributed by atoms with Crippen LogP contribution < -0.4 is 0 Å². The smallest absolute Gasteiger partial charge is 0.101 e. The molecular formula is C19H17N3O. The van der Waals surface area contributed by atoms with Crippen LogP contribution in [0.1, 0.15) is 35.4 Å². The SMILES string of the molecule is OC1c2ncccc2CCC1C1c2ccccc2-c2cncn21. The van der Waals surface area contributed by atoms with Gasteiger partial charge in [-0.3, -0.25) is 4.98 Å². The summed E-state index contributed by atoms with van der Waals surface area (Å²) in [6.45, 7) is 0. The molecule has 1 N–H and O–H groups in total. The third kappa shape index (κ3) is 1.75. The number of benzene rings is 1. The summed E-state index contributed by atoms with van der Waals surface area (Å²) in [4.78, 5) is 8.77. The van der Waals surface area contributed by atoms with E-state index in [4.69, 9.17) is 0 Å². The Morgan fingerprint density at radius 3 is 3.00 bits per heavy atom. The molecule has 0 saturated heterocycles. The Morgan fingerprint density at radius 1 is 1.13 bits per heavy atom. The van der Waals surface area contributed by atoms with Gasteiger partial charge in [0.15, 0.2) is 0 Å². The Labute approximate surface area is 134 Å². The van der Waals surface area contributed by atoms with Crippen molar-refractivity contribution >= 4 is 0 Å². The number of aromatic nitrogens is 3. The number of aryl methyl sites for hydroxylation is 1. The van der Waals surface area contributed by atoms with Gasteiger partial charge >= 0.3 is 0 Å². The van der Waals surface area contributed by atoms with Crippen molar-refractivity contribution in [3.63, 3.8) is 0 Å². The third-order valence-corrected chi connectivity index (χ3v) is 5.29. The minimum Gasteiger partial charge on any atom is -0.386 e. The topological polar surface area (TPSA) is 50.9 Å². The molecule has 23 heavy (non-hydrogen) atoms. The minimum atomic E-state index is -0.536. The summed E-state index contributed by atoms with van der Waals surface area (Å²) in [5.74, 6) is 0.119. The average molecular weight is 303 g/mol. The fraction of sp³-hybridized carbons (Fsp3) is 0.263. The number of hydrogen-bond acceptors (Lipinski definition) is 3. The van der Waals surface area contributed by atoms with E-state index in [0.717, 1.165) is 24.2 Å². The summed E-state index contributed by atoms with van der Waals surface area (Å²) in [6.07, 6.45) is 6.96. The largest absolute Gasteiger partial charge is 0.386 e. The van der Waals surface area contributed by atoms with Crippen LogP contribution in [0.2, 0.25) is 0 Å². The van der Waals surface area contributed by atoms with Crippen LogP contribution in [0.4, 0.5) is 0 Å². The van der Waals surface area contributed by atoms with Gasteiger partial charge in [-0.15, -0.1) is 0 Å². The summed E-state index contributed by atoms with van der Waals surface area (Å²) in [6, 6.07) is 12.6. The molecule has 114 valence electrons. The molecule has 0 bridgehead atoms. The number of aliphatic hydroxyl groups excluding tert-OH is 1. The number of fused-ring (bicyclic) bond motifs is 4. The van der Waals surface area contributed by atoms with E-state index >= 15 is 0 Å². The van der Waals surface area contributed by atoms with Crippen LogP contribution in [-0.2, 0) is 6.42 Å². The summed E-state index contributed by atoms with van der Waals surface area (Å²) < 4.78 is 2.21. The van der Waals surface area contributed by atoms with Crippen molar-refractivity contribution in [1.29, 1.82) is 0 Å². The third-order valence-electron chi connectivity index (χ3n) is 5.29. The maximum atomic E-state index is 11.0. The van der Waals surface area contributed by atoms with Gasteiger partial charge in [0.2, 0.25) is 0 Å². The van der Waals surface area contributed by atoms with Gasteiger partial charge in [0.25, 0.3) is 0 Å². The molecule has 0 fully saturated rings. The molecule has 0 amide bonds. The van der Waals surface area contributed by atoms with Crippen molar-refractivity contribution in [1.82, 2.24) is 14.5 Å². The molecule has 4 heteroatoms. The molecule has 3 unspecified atom stereocenters. The fourth-order valence-electron chi connectivity index (χ4n) is 4.25. The van der Waals surface area contributed by atoms with Gasteiger partial charge in [-0.05, 0) is 30.0 Å². The van der Waals surface area contributed by atoms with Crippen molar-refractivity contribution < 1.29 is 5.11 Å². The Bertz CT molecular complexity index is 886. The number of rotatable bonds is 1. The van der Waals surface area contributed by atoms with Crippen LogP contribution >= 0.6 is 0 Å². The molecule has 1 aliphatic carbocycles. The molecule has 5 rings (SSSR count). The molecule has 0 spiro atoms. The van der Waals surface area contributed by atoms with Crippen molar-refractivity contribution in [2.75, 3.05) is 0 Å². The first-order valence-corrected chi connectivity index (χ1v) is 8.07. The second-order valence-electron chi connectivity index (χ2n) is 6.41. The molecule has 0 saturated carbocycles. The molecule has 0 radical (unpaired) electrons. The highest BCUT2D eigenvalue weighted by Crippen LogP contribution is 2.49. The predicted molar refractivity (Wildman–Crippen MR) is 86.8 cm³/mol. The summed E-state index contributed by atoms with van der Waals surface area (Å²) in [7, 11) is 0. The van der Waals surface area contributed by atoms with Crippen LogP contribution in [0.15, 0.2) is 55.1 Å². The highest BCUT2D eigenvalue weighted by molar-refractivity contribution is 5.69. The standard InChI is InChI=1S/C19H17N3O/c23-19-15(8-7-12-4-3-9-21-17(12)19)18-14-6-2-1-5-13(14)16-10-20-11-22(16)18/h1-6,9-11,15,18-19,23H,7-8H2. The van der Waals surface area contributed by atoms with Crippen molar-refractivity contribution in [2.24, 2.45) is 5.92 Å². The van der Waals surface area contributed by atoms with Crippen LogP contribution in [0.3, 0.4) is 0 Å². The number of imidazole rings is 1. The number of aliphatic hydroxyl groups is 1. The number of pyridine rings is 1. The zero-order chi connectivity index (χ0) is 15.4. The van der Waals surface area contributed by atoms with E-state index in [1.165, 1.54) is 16.7 Å². The van der Waals surface area contributed by atoms with Crippen LogP contribution in [-0.4, -0.2) is 19.6 Å². The van der Waals surface area contributed by atoms with Crippen LogP contribution in [0, 0.1) is 5.92 Å². The van der Waals surface area contributed by atoms with Gasteiger partial charge in [0, 0.05) is 17.7 Å². The first-order valence-electron chi connectivity index (χ1n) is 8.07. The van der Waals surface area contributed by atoms with Gasteiger partial charge in [0.1, 0.15) is 6.10 Å². The van der Waals surface area contributed by atoms with E-state index in [1.54, 1.807) is 6.20 Å². The fourth-order valence-corrected chi connectivity index (χ4v) is 4.25. The van der Waals surface area contributed by atoms with Crippen LogP contribution in [0.25, 0.3) is 11.3 Å². The zero-order valence-corrected chi connectivity index (χ0v) is 12.6. The minimum absolute atomic E-state index is 0.119. The molecule has 3 heterocycles. The average Bonchev–Trinajstić information content (AvgIpc) is 3.17. The lowest BCUT2D eigenvalue weighted by molar-refractivity contribution is 0.0679. The first kappa shape index (κ1) is 13.0. The first-order chi connectivity index (χ1) is 11.3. The maximum Gasteiger partial charge on any atom is 0.101 e. The van der Waals surface area contributed by atoms with E-state index in [1.807, 2.05) is 18.6 Å². The highest BCUT2D eigenvalue weighted by Gasteiger charge is 2.40. The Kier molecular flexibility index (Phi) is 2.70. The van der Waals surface area contributed by atoms with Gasteiger partial charge in [0.05, 0.1) is 30.0 Å². The summed E-state index contributed by atoms with van der Waals surface area (Å²) in [5, 5.41) is 11.0. The lowest BCUT2D eigenvalue weighted by Gasteiger charge is -2.34. The maximum absolute atomic E-state index is 11.0. The second-order valence-corrected chi connectivity index (χ2v) is 6.41. The monoisotopic (exact) mass is 303 g/mol. The van der Waals surface area contributed by atoms with Crippen molar-refractivity contribution in [3.8, 4) is 11.3 Å². The molecule has 1 aromatic carbocycles. The van der Waals surface area contributed by atoms with Crippen LogP contribution in [0.5, 0.6) is 0 Å². The molecular weight excluding hydrogens is 286 g/mol. The summed E-state index contributed by atoms with van der Waals surface area (Å²) in [5.41, 5.74) is 5.68. The normalized spacial score (nSPS) is 24.8. The number of hydrogen-bond donors (Lipinski definition) is 1. The van der Waals surface area contributed by atoms with Gasteiger partial charge in [-0.2, -0.15) is 0 Å². The lowest BCUT2D eigenvalue weighted by atomic mass is 9.78. The quantitative estimate of drug-likeness (QED) is 0.751. The van der Waals surface area contributed by atoms with E-state index in [9.17, 15) is 5.11 Å². The Balaban J connectivity index is 1.64. The molecule has 4 nitrogen and oxygen atoms in total. The van der Waals surface area contributed by atoms with E-state index in [2.05, 4.69) is 44.9 Å². The molecule has 1 aliphatic heterocycles. The Hall–Kier alpha value is -2.46. The number of nitrogens with zero attached hydrogens (tertiary/aromatic N) is 3. The van der Waals surface area contributed by atoms with Crippen molar-refractivity contribution in [2.45, 2.75) is 25.0 Å². The van der Waals surface area contributed by atoms with Gasteiger partial charge in [-0.1, -0.05) is 30.3 Å². The predicted octanol–water partition coefficient (Wildman–Crippen LogP) is 3.14. The van der Waals surface area contributed by atoms with E-state index in [0.29, 0.717) is 0 Å². The van der Waals surface area contributed by atoms with Gasteiger partial charge in [-0.25, -0.2) is 4.98 Å². The molecule has 3 aromatic rings. The zero-order valence-electron chi connectivity index (χ0n) is 12.6. The molecule has 2 aromatic heterocycles.